The first kappa shape index (κ1) is 12.4. The number of rotatable bonds is 3. The van der Waals surface area contributed by atoms with Gasteiger partial charge in [-0.25, -0.2) is 0 Å². The SMILES string of the molecule is CC(C)C(C#N)C(=O)NC1CCCSC1. The van der Waals surface area contributed by atoms with E-state index in [1.54, 1.807) is 0 Å². The molecule has 4 heteroatoms. The molecule has 0 aromatic heterocycles. The fraction of sp³-hybridized carbons (Fsp3) is 0.818. The van der Waals surface area contributed by atoms with Gasteiger partial charge in [-0.05, 0) is 24.5 Å². The number of hydrogen-bond donors (Lipinski definition) is 1. The van der Waals surface area contributed by atoms with Crippen LogP contribution in [0.4, 0.5) is 0 Å². The normalized spacial score (nSPS) is 23.2. The lowest BCUT2D eigenvalue weighted by Crippen LogP contribution is -2.42. The third-order valence-corrected chi connectivity index (χ3v) is 3.81. The number of hydrogen-bond acceptors (Lipinski definition) is 3. The topological polar surface area (TPSA) is 52.9 Å². The van der Waals surface area contributed by atoms with Crippen molar-refractivity contribution in [1.82, 2.24) is 5.32 Å². The van der Waals surface area contributed by atoms with E-state index in [9.17, 15) is 4.79 Å². The molecule has 15 heavy (non-hydrogen) atoms. The molecule has 84 valence electrons. The number of nitrogens with one attached hydrogen (secondary N) is 1. The molecular formula is C11H18N2OS. The summed E-state index contributed by atoms with van der Waals surface area (Å²) in [6.45, 7) is 3.81. The van der Waals surface area contributed by atoms with Gasteiger partial charge in [-0.15, -0.1) is 0 Å². The minimum atomic E-state index is -0.503. The largest absolute Gasteiger partial charge is 0.351 e. The molecule has 1 fully saturated rings. The van der Waals surface area contributed by atoms with Gasteiger partial charge in [0.25, 0.3) is 0 Å². The number of carbonyl (C=O) groups excluding carboxylic acids is 1. The molecule has 2 unspecified atom stereocenters. The molecule has 1 saturated heterocycles. The Balaban J connectivity index is 2.43. The Bertz CT molecular complexity index is 254. The molecule has 1 aliphatic heterocycles. The molecule has 1 amide bonds. The highest BCUT2D eigenvalue weighted by atomic mass is 32.2. The Morgan fingerprint density at radius 3 is 2.80 bits per heavy atom. The molecule has 1 N–H and O–H groups in total. The Kier molecular flexibility index (Phi) is 4.97. The maximum atomic E-state index is 11.7. The van der Waals surface area contributed by atoms with Crippen LogP contribution in [-0.4, -0.2) is 23.5 Å². The van der Waals surface area contributed by atoms with Crippen LogP contribution in [0.5, 0.6) is 0 Å². The number of amides is 1. The Labute approximate surface area is 95.6 Å². The third-order valence-electron chi connectivity index (χ3n) is 2.59. The van der Waals surface area contributed by atoms with Gasteiger partial charge >= 0.3 is 0 Å². The summed E-state index contributed by atoms with van der Waals surface area (Å²) < 4.78 is 0. The monoisotopic (exact) mass is 226 g/mol. The van der Waals surface area contributed by atoms with Crippen molar-refractivity contribution in [2.75, 3.05) is 11.5 Å². The van der Waals surface area contributed by atoms with Crippen molar-refractivity contribution in [3.05, 3.63) is 0 Å². The second-order valence-corrected chi connectivity index (χ2v) is 5.42. The molecule has 0 aliphatic carbocycles. The maximum absolute atomic E-state index is 11.7. The van der Waals surface area contributed by atoms with Gasteiger partial charge in [-0.1, -0.05) is 13.8 Å². The lowest BCUT2D eigenvalue weighted by Gasteiger charge is -2.24. The highest BCUT2D eigenvalue weighted by molar-refractivity contribution is 7.99. The van der Waals surface area contributed by atoms with Crippen molar-refractivity contribution in [2.45, 2.75) is 32.7 Å². The minimum Gasteiger partial charge on any atom is -0.351 e. The van der Waals surface area contributed by atoms with Crippen molar-refractivity contribution in [3.63, 3.8) is 0 Å². The fourth-order valence-electron chi connectivity index (χ4n) is 1.66. The van der Waals surface area contributed by atoms with E-state index in [0.717, 1.165) is 18.6 Å². The molecule has 0 aromatic rings. The van der Waals surface area contributed by atoms with Crippen molar-refractivity contribution in [1.29, 1.82) is 5.26 Å². The van der Waals surface area contributed by atoms with Crippen molar-refractivity contribution in [2.24, 2.45) is 11.8 Å². The predicted molar refractivity (Wildman–Crippen MR) is 62.4 cm³/mol. The Hall–Kier alpha value is -0.690. The van der Waals surface area contributed by atoms with E-state index in [-0.39, 0.29) is 17.9 Å². The van der Waals surface area contributed by atoms with E-state index in [1.165, 1.54) is 5.75 Å². The molecule has 2 atom stereocenters. The van der Waals surface area contributed by atoms with Gasteiger partial charge in [0.15, 0.2) is 0 Å². The summed E-state index contributed by atoms with van der Waals surface area (Å²) in [5.41, 5.74) is 0. The second-order valence-electron chi connectivity index (χ2n) is 4.27. The van der Waals surface area contributed by atoms with Crippen LogP contribution >= 0.6 is 11.8 Å². The van der Waals surface area contributed by atoms with Crippen LogP contribution in [0.25, 0.3) is 0 Å². The van der Waals surface area contributed by atoms with Crippen LogP contribution in [0.15, 0.2) is 0 Å². The number of nitrogens with zero attached hydrogens (tertiary/aromatic N) is 1. The van der Waals surface area contributed by atoms with E-state index >= 15 is 0 Å². The number of carbonyl (C=O) groups is 1. The molecule has 0 aromatic carbocycles. The summed E-state index contributed by atoms with van der Waals surface area (Å²) in [5.74, 6) is 1.67. The highest BCUT2D eigenvalue weighted by Gasteiger charge is 2.24. The zero-order valence-electron chi connectivity index (χ0n) is 9.32. The first-order chi connectivity index (χ1) is 7.15. The van der Waals surface area contributed by atoms with Crippen LogP contribution in [0.3, 0.4) is 0 Å². The van der Waals surface area contributed by atoms with E-state index in [2.05, 4.69) is 11.4 Å². The predicted octanol–water partition coefficient (Wildman–Crippen LogP) is 1.79. The van der Waals surface area contributed by atoms with Crippen LogP contribution in [0.1, 0.15) is 26.7 Å². The molecule has 0 bridgehead atoms. The lowest BCUT2D eigenvalue weighted by atomic mass is 9.96. The average molecular weight is 226 g/mol. The van der Waals surface area contributed by atoms with E-state index in [1.807, 2.05) is 25.6 Å². The number of nitriles is 1. The molecule has 3 nitrogen and oxygen atoms in total. The van der Waals surface area contributed by atoms with E-state index in [4.69, 9.17) is 5.26 Å². The van der Waals surface area contributed by atoms with Crippen molar-refractivity contribution in [3.8, 4) is 6.07 Å². The van der Waals surface area contributed by atoms with Crippen molar-refractivity contribution >= 4 is 17.7 Å². The van der Waals surface area contributed by atoms with Gasteiger partial charge in [-0.3, -0.25) is 4.79 Å². The van der Waals surface area contributed by atoms with Gasteiger partial charge in [0.1, 0.15) is 5.92 Å². The standard InChI is InChI=1S/C11H18N2OS/c1-8(2)10(6-12)11(14)13-9-4-3-5-15-7-9/h8-10H,3-5,7H2,1-2H3,(H,13,14). The number of thioether (sulfide) groups is 1. The fourth-order valence-corrected chi connectivity index (χ4v) is 2.73. The van der Waals surface area contributed by atoms with Gasteiger partial charge in [-0.2, -0.15) is 17.0 Å². The summed E-state index contributed by atoms with van der Waals surface area (Å²) >= 11 is 1.88. The van der Waals surface area contributed by atoms with Gasteiger partial charge in [0.2, 0.25) is 5.91 Å². The molecular weight excluding hydrogens is 208 g/mol. The molecule has 0 radical (unpaired) electrons. The zero-order valence-corrected chi connectivity index (χ0v) is 10.1. The lowest BCUT2D eigenvalue weighted by molar-refractivity contribution is -0.125. The van der Waals surface area contributed by atoms with Gasteiger partial charge in [0, 0.05) is 11.8 Å². The van der Waals surface area contributed by atoms with E-state index in [0.29, 0.717) is 0 Å². The van der Waals surface area contributed by atoms with Crippen LogP contribution < -0.4 is 5.32 Å². The van der Waals surface area contributed by atoms with Crippen LogP contribution in [0.2, 0.25) is 0 Å². The summed E-state index contributed by atoms with van der Waals surface area (Å²) in [4.78, 5) is 11.7. The quantitative estimate of drug-likeness (QED) is 0.798. The molecule has 0 spiro atoms. The highest BCUT2D eigenvalue weighted by Crippen LogP contribution is 2.18. The van der Waals surface area contributed by atoms with Crippen molar-refractivity contribution < 1.29 is 4.79 Å². The van der Waals surface area contributed by atoms with Gasteiger partial charge < -0.3 is 5.32 Å². The maximum Gasteiger partial charge on any atom is 0.237 e. The second kappa shape index (κ2) is 6.02. The summed E-state index contributed by atoms with van der Waals surface area (Å²) in [6.07, 6.45) is 2.21. The summed E-state index contributed by atoms with van der Waals surface area (Å²) in [7, 11) is 0. The summed E-state index contributed by atoms with van der Waals surface area (Å²) in [6, 6.07) is 2.34. The minimum absolute atomic E-state index is 0.0891. The van der Waals surface area contributed by atoms with Crippen LogP contribution in [-0.2, 0) is 4.79 Å². The van der Waals surface area contributed by atoms with Gasteiger partial charge in [0.05, 0.1) is 6.07 Å². The smallest absolute Gasteiger partial charge is 0.237 e. The summed E-state index contributed by atoms with van der Waals surface area (Å²) in [5, 5.41) is 11.8. The molecule has 1 heterocycles. The van der Waals surface area contributed by atoms with E-state index < -0.39 is 5.92 Å². The molecule has 0 saturated carbocycles. The van der Waals surface area contributed by atoms with Crippen LogP contribution in [0, 0.1) is 23.2 Å². The molecule has 1 aliphatic rings. The Morgan fingerprint density at radius 2 is 2.33 bits per heavy atom. The Morgan fingerprint density at radius 1 is 1.60 bits per heavy atom. The zero-order chi connectivity index (χ0) is 11.3. The first-order valence-corrected chi connectivity index (χ1v) is 6.58. The third kappa shape index (κ3) is 3.75. The average Bonchev–Trinajstić information content (AvgIpc) is 2.19. The molecule has 1 rings (SSSR count). The first-order valence-electron chi connectivity index (χ1n) is 5.43.